The summed E-state index contributed by atoms with van der Waals surface area (Å²) in [4.78, 5) is 26.7. The van der Waals surface area contributed by atoms with Crippen molar-refractivity contribution < 1.29 is 18.0 Å². The van der Waals surface area contributed by atoms with Crippen molar-refractivity contribution in [3.8, 4) is 0 Å². The van der Waals surface area contributed by atoms with E-state index in [2.05, 4.69) is 10.6 Å². The van der Waals surface area contributed by atoms with E-state index in [0.29, 0.717) is 32.0 Å². The van der Waals surface area contributed by atoms with Crippen LogP contribution in [0.2, 0.25) is 0 Å². The maximum atomic E-state index is 12.6. The van der Waals surface area contributed by atoms with Gasteiger partial charge < -0.3 is 15.5 Å². The van der Waals surface area contributed by atoms with E-state index < -0.39 is 15.1 Å². The van der Waals surface area contributed by atoms with Crippen molar-refractivity contribution in [2.45, 2.75) is 32.1 Å². The van der Waals surface area contributed by atoms with Crippen LogP contribution in [0.5, 0.6) is 0 Å². The highest BCUT2D eigenvalue weighted by molar-refractivity contribution is 7.92. The first kappa shape index (κ1) is 20.6. The molecular formula is C20H29N3O4S. The van der Waals surface area contributed by atoms with Gasteiger partial charge in [-0.25, -0.2) is 13.2 Å². The predicted molar refractivity (Wildman–Crippen MR) is 107 cm³/mol. The van der Waals surface area contributed by atoms with Crippen LogP contribution >= 0.6 is 0 Å². The van der Waals surface area contributed by atoms with Crippen LogP contribution in [0.1, 0.15) is 25.8 Å². The molecule has 0 saturated carbocycles. The molecule has 0 radical (unpaired) electrons. The zero-order valence-corrected chi connectivity index (χ0v) is 17.2. The van der Waals surface area contributed by atoms with Crippen molar-refractivity contribution in [3.05, 3.63) is 35.9 Å². The van der Waals surface area contributed by atoms with Crippen LogP contribution in [-0.2, 0) is 21.2 Å². The fraction of sp³-hybridized carbons (Fsp3) is 0.600. The molecule has 2 aliphatic heterocycles. The van der Waals surface area contributed by atoms with E-state index >= 15 is 0 Å². The summed E-state index contributed by atoms with van der Waals surface area (Å²) < 4.78 is 25.1. The SMILES string of the molecule is CC(C)CNC(=O)[C@@H]1CCS(=O)(=O)[C@H]2CN(C(=O)NCc3ccccc3)C[C@@H]12. The molecule has 154 valence electrons. The Hall–Kier alpha value is -2.09. The fourth-order valence-corrected chi connectivity index (χ4v) is 6.14. The van der Waals surface area contributed by atoms with Gasteiger partial charge in [0.25, 0.3) is 0 Å². The molecule has 2 N–H and O–H groups in total. The van der Waals surface area contributed by atoms with Gasteiger partial charge in [-0.15, -0.1) is 0 Å². The van der Waals surface area contributed by atoms with Crippen LogP contribution in [-0.4, -0.2) is 55.9 Å². The highest BCUT2D eigenvalue weighted by atomic mass is 32.2. The lowest BCUT2D eigenvalue weighted by atomic mass is 9.87. The molecule has 0 bridgehead atoms. The third-order valence-corrected chi connectivity index (χ3v) is 7.82. The van der Waals surface area contributed by atoms with Crippen LogP contribution in [0.3, 0.4) is 0 Å². The summed E-state index contributed by atoms with van der Waals surface area (Å²) in [5.41, 5.74) is 0.978. The van der Waals surface area contributed by atoms with Crippen molar-refractivity contribution >= 4 is 21.8 Å². The predicted octanol–water partition coefficient (Wildman–Crippen LogP) is 1.40. The molecule has 1 aromatic rings. The Kier molecular flexibility index (Phi) is 6.27. The fourth-order valence-electron chi connectivity index (χ4n) is 4.03. The van der Waals surface area contributed by atoms with E-state index in [4.69, 9.17) is 0 Å². The van der Waals surface area contributed by atoms with Gasteiger partial charge in [0.1, 0.15) is 0 Å². The second kappa shape index (κ2) is 8.51. The van der Waals surface area contributed by atoms with Crippen molar-refractivity contribution in [2.75, 3.05) is 25.4 Å². The van der Waals surface area contributed by atoms with Gasteiger partial charge in [0.05, 0.1) is 11.0 Å². The molecule has 0 aromatic heterocycles. The number of nitrogens with zero attached hydrogens (tertiary/aromatic N) is 1. The maximum Gasteiger partial charge on any atom is 0.317 e. The molecule has 2 fully saturated rings. The van der Waals surface area contributed by atoms with E-state index in [1.54, 1.807) is 4.90 Å². The van der Waals surface area contributed by atoms with Crippen molar-refractivity contribution in [3.63, 3.8) is 0 Å². The quantitative estimate of drug-likeness (QED) is 0.771. The maximum absolute atomic E-state index is 12.6. The van der Waals surface area contributed by atoms with Crippen molar-refractivity contribution in [1.29, 1.82) is 0 Å². The molecule has 3 atom stereocenters. The first-order valence-corrected chi connectivity index (χ1v) is 11.6. The largest absolute Gasteiger partial charge is 0.356 e. The third-order valence-electron chi connectivity index (χ3n) is 5.60. The topological polar surface area (TPSA) is 95.6 Å². The standard InChI is InChI=1S/C20H29N3O4S/c1-14(2)10-21-19(24)16-8-9-28(26,27)18-13-23(12-17(16)18)20(25)22-11-15-6-4-3-5-7-15/h3-7,14,16-18H,8-13H2,1-2H3,(H,21,24)(H,22,25)/t16-,17+,18+/m1/s1. The van der Waals surface area contributed by atoms with E-state index in [1.807, 2.05) is 44.2 Å². The van der Waals surface area contributed by atoms with E-state index in [-0.39, 0.29) is 36.1 Å². The minimum absolute atomic E-state index is 0.00735. The first-order chi connectivity index (χ1) is 13.3. The van der Waals surface area contributed by atoms with Gasteiger partial charge in [0, 0.05) is 38.0 Å². The number of amides is 3. The Bertz CT molecular complexity index is 810. The number of hydrogen-bond donors (Lipinski definition) is 2. The van der Waals surface area contributed by atoms with Gasteiger partial charge in [-0.3, -0.25) is 4.79 Å². The monoisotopic (exact) mass is 407 g/mol. The van der Waals surface area contributed by atoms with Crippen LogP contribution in [0.15, 0.2) is 30.3 Å². The second-order valence-electron chi connectivity index (χ2n) is 8.15. The normalized spacial score (nSPS) is 26.0. The Morgan fingerprint density at radius 3 is 2.54 bits per heavy atom. The average molecular weight is 408 g/mol. The Morgan fingerprint density at radius 2 is 1.86 bits per heavy atom. The molecule has 2 aliphatic rings. The van der Waals surface area contributed by atoms with Gasteiger partial charge in [0.15, 0.2) is 9.84 Å². The van der Waals surface area contributed by atoms with Gasteiger partial charge >= 0.3 is 6.03 Å². The minimum Gasteiger partial charge on any atom is -0.356 e. The Morgan fingerprint density at radius 1 is 1.14 bits per heavy atom. The molecule has 0 spiro atoms. The highest BCUT2D eigenvalue weighted by Gasteiger charge is 2.51. The molecule has 1 aromatic carbocycles. The molecule has 2 heterocycles. The van der Waals surface area contributed by atoms with E-state index in [1.165, 1.54) is 0 Å². The summed E-state index contributed by atoms with van der Waals surface area (Å²) in [7, 11) is -3.29. The second-order valence-corrected chi connectivity index (χ2v) is 10.5. The van der Waals surface area contributed by atoms with Gasteiger partial charge in [-0.1, -0.05) is 44.2 Å². The highest BCUT2D eigenvalue weighted by Crippen LogP contribution is 2.37. The number of fused-ring (bicyclic) bond motifs is 1. The average Bonchev–Trinajstić information content (AvgIpc) is 3.12. The summed E-state index contributed by atoms with van der Waals surface area (Å²) in [6, 6.07) is 9.27. The number of carbonyl (C=O) groups excluding carboxylic acids is 2. The van der Waals surface area contributed by atoms with Gasteiger partial charge in [-0.05, 0) is 17.9 Å². The Balaban J connectivity index is 1.66. The molecule has 2 saturated heterocycles. The third kappa shape index (κ3) is 4.66. The lowest BCUT2D eigenvalue weighted by molar-refractivity contribution is -0.126. The Labute approximate surface area is 166 Å². The van der Waals surface area contributed by atoms with Crippen LogP contribution in [0.25, 0.3) is 0 Å². The smallest absolute Gasteiger partial charge is 0.317 e. The van der Waals surface area contributed by atoms with E-state index in [0.717, 1.165) is 5.56 Å². The zero-order valence-electron chi connectivity index (χ0n) is 16.4. The molecule has 0 unspecified atom stereocenters. The zero-order chi connectivity index (χ0) is 20.3. The lowest BCUT2D eigenvalue weighted by Crippen LogP contribution is -2.47. The molecule has 3 amide bonds. The van der Waals surface area contributed by atoms with Crippen molar-refractivity contribution in [1.82, 2.24) is 15.5 Å². The molecule has 7 nitrogen and oxygen atoms in total. The number of carbonyl (C=O) groups is 2. The summed E-state index contributed by atoms with van der Waals surface area (Å²) in [5, 5.41) is 5.13. The summed E-state index contributed by atoms with van der Waals surface area (Å²) in [5.74, 6) is -0.457. The molecule has 0 aliphatic carbocycles. The summed E-state index contributed by atoms with van der Waals surface area (Å²) in [6.07, 6.45) is 0.326. The molecule has 28 heavy (non-hydrogen) atoms. The number of sulfone groups is 1. The van der Waals surface area contributed by atoms with Gasteiger partial charge in [0.2, 0.25) is 5.91 Å². The molecule has 3 rings (SSSR count). The first-order valence-electron chi connectivity index (χ1n) is 9.84. The number of urea groups is 1. The number of nitrogens with one attached hydrogen (secondary N) is 2. The number of hydrogen-bond acceptors (Lipinski definition) is 4. The van der Waals surface area contributed by atoms with Crippen LogP contribution in [0, 0.1) is 17.8 Å². The lowest BCUT2D eigenvalue weighted by Gasteiger charge is -2.31. The van der Waals surface area contributed by atoms with Gasteiger partial charge in [-0.2, -0.15) is 0 Å². The minimum atomic E-state index is -3.29. The van der Waals surface area contributed by atoms with E-state index in [9.17, 15) is 18.0 Å². The van der Waals surface area contributed by atoms with Crippen LogP contribution in [0.4, 0.5) is 4.79 Å². The van der Waals surface area contributed by atoms with Crippen LogP contribution < -0.4 is 10.6 Å². The van der Waals surface area contributed by atoms with Crippen molar-refractivity contribution in [2.24, 2.45) is 17.8 Å². The number of likely N-dealkylation sites (tertiary alicyclic amines) is 1. The summed E-state index contributed by atoms with van der Waals surface area (Å²) in [6.45, 7) is 5.44. The number of rotatable bonds is 5. The number of benzene rings is 1. The summed E-state index contributed by atoms with van der Waals surface area (Å²) >= 11 is 0. The molecular weight excluding hydrogens is 378 g/mol. The molecule has 8 heteroatoms.